The number of amides is 1. The Morgan fingerprint density at radius 2 is 1.90 bits per heavy atom. The number of nitrogens with zero attached hydrogens (tertiary/aromatic N) is 2. The minimum absolute atomic E-state index is 0.234. The van der Waals surface area contributed by atoms with E-state index in [0.717, 1.165) is 64.7 Å². The molecule has 2 unspecified atom stereocenters. The second-order valence-corrected chi connectivity index (χ2v) is 7.25. The minimum Gasteiger partial charge on any atom is -0.389 e. The molecule has 5 heteroatoms. The summed E-state index contributed by atoms with van der Waals surface area (Å²) in [5, 5.41) is 10.7. The van der Waals surface area contributed by atoms with Crippen LogP contribution >= 0.6 is 0 Å². The molecular formula is C16H29N3O2. The maximum atomic E-state index is 12.5. The summed E-state index contributed by atoms with van der Waals surface area (Å²) in [5.41, 5.74) is 5.42. The van der Waals surface area contributed by atoms with E-state index in [1.807, 2.05) is 4.90 Å². The molecule has 120 valence electrons. The number of piperidine rings is 2. The molecule has 21 heavy (non-hydrogen) atoms. The van der Waals surface area contributed by atoms with Crippen molar-refractivity contribution in [1.82, 2.24) is 9.80 Å². The fourth-order valence-electron chi connectivity index (χ4n) is 4.20. The number of likely N-dealkylation sites (tertiary alicyclic amines) is 2. The summed E-state index contributed by atoms with van der Waals surface area (Å²) in [7, 11) is 0. The van der Waals surface area contributed by atoms with Gasteiger partial charge < -0.3 is 15.7 Å². The fourth-order valence-corrected chi connectivity index (χ4v) is 4.20. The summed E-state index contributed by atoms with van der Waals surface area (Å²) >= 11 is 0. The van der Waals surface area contributed by atoms with Gasteiger partial charge in [0.25, 0.3) is 0 Å². The van der Waals surface area contributed by atoms with Gasteiger partial charge in [-0.1, -0.05) is 12.8 Å². The van der Waals surface area contributed by atoms with Crippen molar-refractivity contribution in [3.63, 3.8) is 0 Å². The van der Waals surface area contributed by atoms with Gasteiger partial charge in [-0.05, 0) is 32.1 Å². The standard InChI is InChI=1S/C16H29N3O2/c17-14-4-8-18(9-5-14)12-15(20)19-10-7-16(21)6-2-1-3-13(16)11-19/h13-14,21H,1-12,17H2. The van der Waals surface area contributed by atoms with Crippen LogP contribution in [0.2, 0.25) is 0 Å². The van der Waals surface area contributed by atoms with E-state index in [1.54, 1.807) is 0 Å². The number of fused-ring (bicyclic) bond motifs is 1. The van der Waals surface area contributed by atoms with Crippen molar-refractivity contribution < 1.29 is 9.90 Å². The average Bonchev–Trinajstić information content (AvgIpc) is 2.48. The number of aliphatic hydroxyl groups is 1. The highest BCUT2D eigenvalue weighted by Gasteiger charge is 2.43. The summed E-state index contributed by atoms with van der Waals surface area (Å²) in [6.45, 7) is 3.88. The quantitative estimate of drug-likeness (QED) is 0.781. The highest BCUT2D eigenvalue weighted by molar-refractivity contribution is 5.78. The van der Waals surface area contributed by atoms with Crippen molar-refractivity contribution in [2.45, 2.75) is 56.6 Å². The molecule has 2 atom stereocenters. The van der Waals surface area contributed by atoms with Gasteiger partial charge in [-0.2, -0.15) is 0 Å². The lowest BCUT2D eigenvalue weighted by atomic mass is 9.71. The molecule has 2 heterocycles. The molecule has 0 aromatic heterocycles. The van der Waals surface area contributed by atoms with E-state index in [2.05, 4.69) is 4.90 Å². The lowest BCUT2D eigenvalue weighted by Gasteiger charge is -2.47. The zero-order valence-electron chi connectivity index (χ0n) is 13.0. The van der Waals surface area contributed by atoms with Crippen LogP contribution in [0.5, 0.6) is 0 Å². The largest absolute Gasteiger partial charge is 0.389 e. The second kappa shape index (κ2) is 6.23. The van der Waals surface area contributed by atoms with Crippen LogP contribution < -0.4 is 5.73 Å². The first-order valence-corrected chi connectivity index (χ1v) is 8.55. The SMILES string of the molecule is NC1CCN(CC(=O)N2CCC3(O)CCCCC3C2)CC1. The molecule has 2 saturated heterocycles. The van der Waals surface area contributed by atoms with Crippen LogP contribution in [0.25, 0.3) is 0 Å². The Bertz CT molecular complexity index is 382. The Labute approximate surface area is 127 Å². The van der Waals surface area contributed by atoms with Crippen molar-refractivity contribution in [1.29, 1.82) is 0 Å². The molecule has 1 aliphatic carbocycles. The van der Waals surface area contributed by atoms with Crippen LogP contribution in [0.4, 0.5) is 0 Å². The molecule has 5 nitrogen and oxygen atoms in total. The predicted molar refractivity (Wildman–Crippen MR) is 81.8 cm³/mol. The number of nitrogens with two attached hydrogens (primary N) is 1. The number of rotatable bonds is 2. The van der Waals surface area contributed by atoms with E-state index in [9.17, 15) is 9.90 Å². The lowest BCUT2D eigenvalue weighted by Crippen LogP contribution is -2.56. The van der Waals surface area contributed by atoms with Crippen molar-refractivity contribution >= 4 is 5.91 Å². The van der Waals surface area contributed by atoms with Crippen LogP contribution in [-0.4, -0.2) is 65.2 Å². The molecule has 3 N–H and O–H groups in total. The van der Waals surface area contributed by atoms with Crippen LogP contribution in [-0.2, 0) is 4.79 Å². The Morgan fingerprint density at radius 1 is 1.14 bits per heavy atom. The van der Waals surface area contributed by atoms with Crippen molar-refractivity contribution in [2.75, 3.05) is 32.7 Å². The van der Waals surface area contributed by atoms with E-state index < -0.39 is 5.60 Å². The van der Waals surface area contributed by atoms with E-state index in [0.29, 0.717) is 18.5 Å². The van der Waals surface area contributed by atoms with Gasteiger partial charge in [-0.3, -0.25) is 9.69 Å². The van der Waals surface area contributed by atoms with Gasteiger partial charge in [-0.15, -0.1) is 0 Å². The van der Waals surface area contributed by atoms with Gasteiger partial charge in [-0.25, -0.2) is 0 Å². The number of carbonyl (C=O) groups is 1. The van der Waals surface area contributed by atoms with Crippen LogP contribution in [0, 0.1) is 5.92 Å². The Morgan fingerprint density at radius 3 is 2.67 bits per heavy atom. The normalized spacial score (nSPS) is 35.5. The molecule has 0 aromatic rings. The number of hydrogen-bond acceptors (Lipinski definition) is 4. The van der Waals surface area contributed by atoms with Gasteiger partial charge in [0.15, 0.2) is 0 Å². The van der Waals surface area contributed by atoms with Gasteiger partial charge in [0.05, 0.1) is 12.1 Å². The highest BCUT2D eigenvalue weighted by atomic mass is 16.3. The molecule has 3 fully saturated rings. The maximum Gasteiger partial charge on any atom is 0.236 e. The smallest absolute Gasteiger partial charge is 0.236 e. The van der Waals surface area contributed by atoms with E-state index >= 15 is 0 Å². The van der Waals surface area contributed by atoms with Crippen molar-refractivity contribution in [2.24, 2.45) is 11.7 Å². The van der Waals surface area contributed by atoms with Gasteiger partial charge >= 0.3 is 0 Å². The van der Waals surface area contributed by atoms with Gasteiger partial charge in [0.2, 0.25) is 5.91 Å². The molecule has 2 aliphatic heterocycles. The summed E-state index contributed by atoms with van der Waals surface area (Å²) in [5.74, 6) is 0.525. The molecule has 0 aromatic carbocycles. The summed E-state index contributed by atoms with van der Waals surface area (Å²) in [4.78, 5) is 16.7. The first kappa shape index (κ1) is 15.3. The highest BCUT2D eigenvalue weighted by Crippen LogP contribution is 2.39. The lowest BCUT2D eigenvalue weighted by molar-refractivity contribution is -0.144. The summed E-state index contributed by atoms with van der Waals surface area (Å²) in [6.07, 6.45) is 7.07. The Hall–Kier alpha value is -0.650. The molecule has 1 amide bonds. The third kappa shape index (κ3) is 3.41. The van der Waals surface area contributed by atoms with Gasteiger partial charge in [0, 0.05) is 38.1 Å². The van der Waals surface area contributed by atoms with Crippen molar-refractivity contribution in [3.8, 4) is 0 Å². The summed E-state index contributed by atoms with van der Waals surface area (Å²) in [6, 6.07) is 0.309. The third-order valence-corrected chi connectivity index (χ3v) is 5.77. The molecule has 0 radical (unpaired) electrons. The van der Waals surface area contributed by atoms with Gasteiger partial charge in [0.1, 0.15) is 0 Å². The molecule has 3 aliphatic rings. The zero-order chi connectivity index (χ0) is 14.9. The van der Waals surface area contributed by atoms with Crippen LogP contribution in [0.15, 0.2) is 0 Å². The fraction of sp³-hybridized carbons (Fsp3) is 0.938. The molecule has 3 rings (SSSR count). The first-order valence-electron chi connectivity index (χ1n) is 8.55. The topological polar surface area (TPSA) is 69.8 Å². The molecule has 1 saturated carbocycles. The average molecular weight is 295 g/mol. The Balaban J connectivity index is 1.52. The predicted octanol–water partition coefficient (Wildman–Crippen LogP) is 0.563. The van der Waals surface area contributed by atoms with E-state index in [-0.39, 0.29) is 5.91 Å². The molecular weight excluding hydrogens is 266 g/mol. The van der Waals surface area contributed by atoms with Crippen molar-refractivity contribution in [3.05, 3.63) is 0 Å². The van der Waals surface area contributed by atoms with Crippen LogP contribution in [0.3, 0.4) is 0 Å². The summed E-state index contributed by atoms with van der Waals surface area (Å²) < 4.78 is 0. The van der Waals surface area contributed by atoms with E-state index in [1.165, 1.54) is 6.42 Å². The molecule has 0 spiro atoms. The Kier molecular flexibility index (Phi) is 4.52. The zero-order valence-corrected chi connectivity index (χ0v) is 13.0. The minimum atomic E-state index is -0.493. The molecule has 0 bridgehead atoms. The first-order chi connectivity index (χ1) is 10.1. The maximum absolute atomic E-state index is 12.5. The second-order valence-electron chi connectivity index (χ2n) is 7.25. The van der Waals surface area contributed by atoms with E-state index in [4.69, 9.17) is 5.73 Å². The number of hydrogen-bond donors (Lipinski definition) is 2. The van der Waals surface area contributed by atoms with Crippen LogP contribution in [0.1, 0.15) is 44.9 Å². The monoisotopic (exact) mass is 295 g/mol. The number of carbonyl (C=O) groups excluding carboxylic acids is 1. The third-order valence-electron chi connectivity index (χ3n) is 5.77.